The summed E-state index contributed by atoms with van der Waals surface area (Å²) in [4.78, 5) is 12.7. The summed E-state index contributed by atoms with van der Waals surface area (Å²) < 4.78 is 23.8. The molecule has 0 aliphatic rings. The first kappa shape index (κ1) is 25.5. The van der Waals surface area contributed by atoms with Gasteiger partial charge in [0.2, 0.25) is 5.91 Å². The summed E-state index contributed by atoms with van der Waals surface area (Å²) >= 11 is 6.51. The van der Waals surface area contributed by atoms with Crippen LogP contribution in [0.25, 0.3) is 11.1 Å². The second-order valence-corrected chi connectivity index (χ2v) is 11.2. The van der Waals surface area contributed by atoms with Crippen molar-refractivity contribution >= 4 is 33.0 Å². The summed E-state index contributed by atoms with van der Waals surface area (Å²) in [5.41, 5.74) is 4.54. The Morgan fingerprint density at radius 2 is 1.76 bits per heavy atom. The van der Waals surface area contributed by atoms with Gasteiger partial charge >= 0.3 is 0 Å². The molecule has 1 amide bonds. The number of hydrogen-bond acceptors (Lipinski definition) is 4. The van der Waals surface area contributed by atoms with Crippen LogP contribution in [0.3, 0.4) is 0 Å². The number of nitrogens with one attached hydrogen (secondary N) is 1. The summed E-state index contributed by atoms with van der Waals surface area (Å²) in [7, 11) is -3.27. The lowest BCUT2D eigenvalue weighted by Crippen LogP contribution is -2.14. The molecule has 176 valence electrons. The molecule has 3 aromatic carbocycles. The number of benzene rings is 3. The molecular formula is C27H27ClN2O3S. The van der Waals surface area contributed by atoms with E-state index in [1.807, 2.05) is 24.3 Å². The van der Waals surface area contributed by atoms with Crippen molar-refractivity contribution in [3.05, 3.63) is 82.4 Å². The SMILES string of the molecule is CCS(=O)(=O)c1ccc(CC(=O)Nc2ccc(-c3ccc(CC(C)C)c(C#N)c3)c(Cl)c2)cc1. The number of nitrogens with zero attached hydrogens (tertiary/aromatic N) is 1. The Balaban J connectivity index is 1.72. The smallest absolute Gasteiger partial charge is 0.228 e. The van der Waals surface area contributed by atoms with Gasteiger partial charge in [-0.25, -0.2) is 8.42 Å². The molecule has 0 atom stereocenters. The Labute approximate surface area is 206 Å². The molecule has 0 bridgehead atoms. The van der Waals surface area contributed by atoms with Gasteiger partial charge in [0.25, 0.3) is 0 Å². The first-order chi connectivity index (χ1) is 16.1. The molecule has 7 heteroatoms. The third-order valence-electron chi connectivity index (χ3n) is 5.45. The number of carbonyl (C=O) groups is 1. The number of nitriles is 1. The van der Waals surface area contributed by atoms with Gasteiger partial charge < -0.3 is 5.32 Å². The zero-order chi connectivity index (χ0) is 24.9. The quantitative estimate of drug-likeness (QED) is 0.412. The molecule has 0 heterocycles. The number of rotatable bonds is 8. The van der Waals surface area contributed by atoms with E-state index >= 15 is 0 Å². The van der Waals surface area contributed by atoms with Gasteiger partial charge in [-0.05, 0) is 59.4 Å². The largest absolute Gasteiger partial charge is 0.326 e. The predicted molar refractivity (Wildman–Crippen MR) is 137 cm³/mol. The van der Waals surface area contributed by atoms with Crippen molar-refractivity contribution in [2.45, 2.75) is 38.5 Å². The molecule has 0 fully saturated rings. The second-order valence-electron chi connectivity index (χ2n) is 8.55. The van der Waals surface area contributed by atoms with Crippen LogP contribution in [0.4, 0.5) is 5.69 Å². The van der Waals surface area contributed by atoms with E-state index in [4.69, 9.17) is 11.6 Å². The lowest BCUT2D eigenvalue weighted by atomic mass is 9.94. The van der Waals surface area contributed by atoms with Crippen LogP contribution in [0.15, 0.2) is 65.6 Å². The van der Waals surface area contributed by atoms with Crippen LogP contribution in [0, 0.1) is 17.2 Å². The number of anilines is 1. The molecule has 0 spiro atoms. The maximum absolute atomic E-state index is 12.5. The molecular weight excluding hydrogens is 468 g/mol. The summed E-state index contributed by atoms with van der Waals surface area (Å²) in [6, 6.07) is 19.7. The Morgan fingerprint density at radius 3 is 2.35 bits per heavy atom. The number of sulfone groups is 1. The molecule has 0 saturated heterocycles. The fourth-order valence-electron chi connectivity index (χ4n) is 3.66. The van der Waals surface area contributed by atoms with Crippen LogP contribution < -0.4 is 5.32 Å². The molecule has 3 aromatic rings. The van der Waals surface area contributed by atoms with Gasteiger partial charge in [-0.1, -0.05) is 62.7 Å². The Morgan fingerprint density at radius 1 is 1.06 bits per heavy atom. The first-order valence-electron chi connectivity index (χ1n) is 11.1. The van der Waals surface area contributed by atoms with Gasteiger partial charge in [0.15, 0.2) is 9.84 Å². The van der Waals surface area contributed by atoms with E-state index in [0.717, 1.165) is 23.1 Å². The first-order valence-corrected chi connectivity index (χ1v) is 13.1. The second kappa shape index (κ2) is 10.9. The summed E-state index contributed by atoms with van der Waals surface area (Å²) in [6.07, 6.45) is 0.938. The average Bonchev–Trinajstić information content (AvgIpc) is 2.79. The van der Waals surface area contributed by atoms with E-state index in [2.05, 4.69) is 25.2 Å². The lowest BCUT2D eigenvalue weighted by molar-refractivity contribution is -0.115. The Kier molecular flexibility index (Phi) is 8.14. The van der Waals surface area contributed by atoms with E-state index in [1.54, 1.807) is 31.2 Å². The van der Waals surface area contributed by atoms with Crippen molar-refractivity contribution in [3.63, 3.8) is 0 Å². The third kappa shape index (κ3) is 6.25. The molecule has 0 unspecified atom stereocenters. The topological polar surface area (TPSA) is 87.0 Å². The number of carbonyl (C=O) groups excluding carboxylic acids is 1. The number of hydrogen-bond donors (Lipinski definition) is 1. The molecule has 3 rings (SSSR count). The molecule has 0 aromatic heterocycles. The molecule has 0 aliphatic heterocycles. The maximum Gasteiger partial charge on any atom is 0.228 e. The maximum atomic E-state index is 12.5. The summed E-state index contributed by atoms with van der Waals surface area (Å²) in [5.74, 6) is 0.246. The van der Waals surface area contributed by atoms with Crippen LogP contribution in [0.5, 0.6) is 0 Å². The van der Waals surface area contributed by atoms with Gasteiger partial charge in [-0.3, -0.25) is 4.79 Å². The normalized spacial score (nSPS) is 11.3. The molecule has 0 radical (unpaired) electrons. The zero-order valence-electron chi connectivity index (χ0n) is 19.4. The minimum atomic E-state index is -3.27. The predicted octanol–water partition coefficient (Wildman–Crippen LogP) is 6.05. The highest BCUT2D eigenvalue weighted by molar-refractivity contribution is 7.91. The van der Waals surface area contributed by atoms with Gasteiger partial charge in [0.1, 0.15) is 0 Å². The van der Waals surface area contributed by atoms with Crippen LogP contribution in [-0.4, -0.2) is 20.1 Å². The zero-order valence-corrected chi connectivity index (χ0v) is 21.0. The third-order valence-corrected chi connectivity index (χ3v) is 7.51. The highest BCUT2D eigenvalue weighted by Crippen LogP contribution is 2.32. The van der Waals surface area contributed by atoms with Crippen LogP contribution in [-0.2, 0) is 27.5 Å². The average molecular weight is 495 g/mol. The fraction of sp³-hybridized carbons (Fsp3) is 0.259. The van der Waals surface area contributed by atoms with Gasteiger partial charge in [0.05, 0.1) is 33.7 Å². The minimum Gasteiger partial charge on any atom is -0.326 e. The van der Waals surface area contributed by atoms with Gasteiger partial charge in [0, 0.05) is 11.3 Å². The number of halogens is 1. The van der Waals surface area contributed by atoms with Gasteiger partial charge in [-0.2, -0.15) is 5.26 Å². The van der Waals surface area contributed by atoms with Gasteiger partial charge in [-0.15, -0.1) is 0 Å². The van der Waals surface area contributed by atoms with E-state index in [-0.39, 0.29) is 23.0 Å². The standard InChI is InChI=1S/C27H27ClN2O3S/c1-4-34(32,33)24-10-5-19(6-11-24)14-27(31)30-23-9-12-25(26(28)16-23)21-8-7-20(13-18(2)3)22(15-21)17-29/h5-12,15-16,18H,4,13-14H2,1-3H3,(H,30,31). The van der Waals surface area contributed by atoms with E-state index < -0.39 is 9.84 Å². The Hall–Kier alpha value is -3.14. The van der Waals surface area contributed by atoms with E-state index in [0.29, 0.717) is 27.8 Å². The molecule has 0 aliphatic carbocycles. The van der Waals surface area contributed by atoms with Crippen LogP contribution in [0.2, 0.25) is 5.02 Å². The van der Waals surface area contributed by atoms with Crippen molar-refractivity contribution in [1.29, 1.82) is 5.26 Å². The highest BCUT2D eigenvalue weighted by atomic mass is 35.5. The number of amides is 1. The van der Waals surface area contributed by atoms with Crippen molar-refractivity contribution in [2.75, 3.05) is 11.1 Å². The monoisotopic (exact) mass is 494 g/mol. The van der Waals surface area contributed by atoms with E-state index in [9.17, 15) is 18.5 Å². The van der Waals surface area contributed by atoms with Crippen LogP contribution >= 0.6 is 11.6 Å². The van der Waals surface area contributed by atoms with E-state index in [1.165, 1.54) is 12.1 Å². The van der Waals surface area contributed by atoms with Crippen LogP contribution in [0.1, 0.15) is 37.5 Å². The van der Waals surface area contributed by atoms with Crippen molar-refractivity contribution in [3.8, 4) is 17.2 Å². The molecule has 1 N–H and O–H groups in total. The highest BCUT2D eigenvalue weighted by Gasteiger charge is 2.13. The van der Waals surface area contributed by atoms with Crippen molar-refractivity contribution in [2.24, 2.45) is 5.92 Å². The fourth-order valence-corrected chi connectivity index (χ4v) is 4.84. The lowest BCUT2D eigenvalue weighted by Gasteiger charge is -2.12. The molecule has 34 heavy (non-hydrogen) atoms. The van der Waals surface area contributed by atoms with Crippen molar-refractivity contribution in [1.82, 2.24) is 0 Å². The van der Waals surface area contributed by atoms with Crippen molar-refractivity contribution < 1.29 is 13.2 Å². The molecule has 5 nitrogen and oxygen atoms in total. The summed E-state index contributed by atoms with van der Waals surface area (Å²) in [5, 5.41) is 12.8. The Bertz CT molecular complexity index is 1340. The summed E-state index contributed by atoms with van der Waals surface area (Å²) in [6.45, 7) is 5.83. The molecule has 0 saturated carbocycles. The minimum absolute atomic E-state index is 0.0313.